The number of hydrogen-bond donors (Lipinski definition) is 1. The molecule has 0 radical (unpaired) electrons. The molecule has 0 unspecified atom stereocenters. The Balaban J connectivity index is 1.81. The minimum atomic E-state index is 0.873. The van der Waals surface area contributed by atoms with Gasteiger partial charge in [0.05, 0.1) is 6.54 Å². The monoisotopic (exact) mass is 322 g/mol. The Bertz CT molecular complexity index is 469. The number of nitrogens with zero attached hydrogens (tertiary/aromatic N) is 3. The summed E-state index contributed by atoms with van der Waals surface area (Å²) in [7, 11) is 2.13. The van der Waals surface area contributed by atoms with E-state index >= 15 is 0 Å². The quantitative estimate of drug-likeness (QED) is 0.618. The average Bonchev–Trinajstić information content (AvgIpc) is 2.99. The Morgan fingerprint density at radius 1 is 1.45 bits per heavy atom. The SMILES string of the molecule is CCCCN(C)C(=NCCN1CCc2sccc2C1)NCC. The molecule has 0 saturated heterocycles. The van der Waals surface area contributed by atoms with E-state index in [1.54, 1.807) is 4.88 Å². The molecule has 22 heavy (non-hydrogen) atoms. The third-order valence-corrected chi connectivity index (χ3v) is 5.13. The first-order chi connectivity index (χ1) is 10.7. The highest BCUT2D eigenvalue weighted by molar-refractivity contribution is 7.10. The summed E-state index contributed by atoms with van der Waals surface area (Å²) in [6.45, 7) is 10.5. The van der Waals surface area contributed by atoms with E-state index in [2.05, 4.69) is 47.5 Å². The van der Waals surface area contributed by atoms with Crippen LogP contribution >= 0.6 is 11.3 Å². The molecule has 1 aromatic heterocycles. The number of guanidine groups is 1. The van der Waals surface area contributed by atoms with E-state index in [1.807, 2.05) is 11.3 Å². The van der Waals surface area contributed by atoms with E-state index in [-0.39, 0.29) is 0 Å². The van der Waals surface area contributed by atoms with Gasteiger partial charge in [0.25, 0.3) is 0 Å². The molecular weight excluding hydrogens is 292 g/mol. The molecule has 0 spiro atoms. The van der Waals surface area contributed by atoms with Crippen LogP contribution in [0.4, 0.5) is 0 Å². The molecule has 1 aliphatic rings. The molecular formula is C17H30N4S. The van der Waals surface area contributed by atoms with Gasteiger partial charge < -0.3 is 10.2 Å². The molecule has 0 aliphatic carbocycles. The summed E-state index contributed by atoms with van der Waals surface area (Å²) in [4.78, 5) is 11.1. The predicted octanol–water partition coefficient (Wildman–Crippen LogP) is 2.80. The van der Waals surface area contributed by atoms with Crippen LogP contribution in [0.3, 0.4) is 0 Å². The van der Waals surface area contributed by atoms with E-state index in [9.17, 15) is 0 Å². The third-order valence-electron chi connectivity index (χ3n) is 4.11. The van der Waals surface area contributed by atoms with Crippen LogP contribution in [0.25, 0.3) is 0 Å². The Kier molecular flexibility index (Phi) is 7.19. The third kappa shape index (κ3) is 4.99. The molecule has 0 bridgehead atoms. The lowest BCUT2D eigenvalue weighted by Gasteiger charge is -2.26. The molecule has 1 aliphatic heterocycles. The van der Waals surface area contributed by atoms with Crippen LogP contribution < -0.4 is 5.32 Å². The maximum Gasteiger partial charge on any atom is 0.193 e. The fourth-order valence-electron chi connectivity index (χ4n) is 2.77. The van der Waals surface area contributed by atoms with Gasteiger partial charge in [-0.3, -0.25) is 9.89 Å². The van der Waals surface area contributed by atoms with E-state index in [1.165, 1.54) is 31.4 Å². The fraction of sp³-hybridized carbons (Fsp3) is 0.706. The van der Waals surface area contributed by atoms with Gasteiger partial charge in [-0.05, 0) is 36.8 Å². The fourth-order valence-corrected chi connectivity index (χ4v) is 3.66. The van der Waals surface area contributed by atoms with Gasteiger partial charge >= 0.3 is 0 Å². The van der Waals surface area contributed by atoms with Gasteiger partial charge in [0, 0.05) is 44.6 Å². The highest BCUT2D eigenvalue weighted by Gasteiger charge is 2.16. The first-order valence-corrected chi connectivity index (χ1v) is 9.39. The van der Waals surface area contributed by atoms with Gasteiger partial charge in [-0.2, -0.15) is 0 Å². The lowest BCUT2D eigenvalue weighted by Crippen LogP contribution is -2.40. The Hall–Kier alpha value is -1.07. The molecule has 0 saturated carbocycles. The average molecular weight is 323 g/mol. The van der Waals surface area contributed by atoms with Gasteiger partial charge in [0.1, 0.15) is 0 Å². The van der Waals surface area contributed by atoms with E-state index in [4.69, 9.17) is 4.99 Å². The van der Waals surface area contributed by atoms with E-state index < -0.39 is 0 Å². The van der Waals surface area contributed by atoms with Gasteiger partial charge in [0.15, 0.2) is 5.96 Å². The van der Waals surface area contributed by atoms with Gasteiger partial charge in [-0.1, -0.05) is 13.3 Å². The number of rotatable bonds is 7. The highest BCUT2D eigenvalue weighted by Crippen LogP contribution is 2.23. The van der Waals surface area contributed by atoms with E-state index in [0.717, 1.165) is 38.7 Å². The van der Waals surface area contributed by atoms with Gasteiger partial charge in [0.2, 0.25) is 0 Å². The van der Waals surface area contributed by atoms with Crippen molar-refractivity contribution in [3.63, 3.8) is 0 Å². The number of unbranched alkanes of at least 4 members (excludes halogenated alkanes) is 1. The second kappa shape index (κ2) is 9.16. The number of hydrogen-bond acceptors (Lipinski definition) is 3. The first-order valence-electron chi connectivity index (χ1n) is 8.51. The molecule has 124 valence electrons. The zero-order chi connectivity index (χ0) is 15.8. The Morgan fingerprint density at radius 3 is 3.09 bits per heavy atom. The summed E-state index contributed by atoms with van der Waals surface area (Å²) in [5.41, 5.74) is 1.52. The minimum Gasteiger partial charge on any atom is -0.357 e. The van der Waals surface area contributed by atoms with Crippen molar-refractivity contribution >= 4 is 17.3 Å². The van der Waals surface area contributed by atoms with Crippen molar-refractivity contribution in [2.24, 2.45) is 4.99 Å². The molecule has 0 aromatic carbocycles. The lowest BCUT2D eigenvalue weighted by atomic mass is 10.1. The normalized spacial score (nSPS) is 15.7. The van der Waals surface area contributed by atoms with Gasteiger partial charge in [-0.15, -0.1) is 11.3 Å². The van der Waals surface area contributed by atoms with Crippen molar-refractivity contribution in [1.82, 2.24) is 15.1 Å². The maximum absolute atomic E-state index is 4.80. The molecule has 1 N–H and O–H groups in total. The smallest absolute Gasteiger partial charge is 0.193 e. The molecule has 4 nitrogen and oxygen atoms in total. The second-order valence-electron chi connectivity index (χ2n) is 5.91. The summed E-state index contributed by atoms with van der Waals surface area (Å²) in [5.74, 6) is 1.05. The predicted molar refractivity (Wildman–Crippen MR) is 96.8 cm³/mol. The highest BCUT2D eigenvalue weighted by atomic mass is 32.1. The van der Waals surface area contributed by atoms with Crippen LogP contribution in [0.2, 0.25) is 0 Å². The summed E-state index contributed by atoms with van der Waals surface area (Å²) in [5, 5.41) is 5.62. The van der Waals surface area contributed by atoms with Crippen molar-refractivity contribution in [3.05, 3.63) is 21.9 Å². The number of thiophene rings is 1. The van der Waals surface area contributed by atoms with E-state index in [0.29, 0.717) is 0 Å². The van der Waals surface area contributed by atoms with Crippen LogP contribution in [0, 0.1) is 0 Å². The zero-order valence-electron chi connectivity index (χ0n) is 14.3. The van der Waals surface area contributed by atoms with Crippen LogP contribution in [-0.2, 0) is 13.0 Å². The molecule has 2 rings (SSSR count). The van der Waals surface area contributed by atoms with Crippen LogP contribution in [0.15, 0.2) is 16.4 Å². The number of fused-ring (bicyclic) bond motifs is 1. The molecule has 1 aromatic rings. The Labute approximate surface area is 139 Å². The second-order valence-corrected chi connectivity index (χ2v) is 6.91. The molecule has 5 heteroatoms. The lowest BCUT2D eigenvalue weighted by molar-refractivity contribution is 0.263. The summed E-state index contributed by atoms with van der Waals surface area (Å²) < 4.78 is 0. The Morgan fingerprint density at radius 2 is 2.32 bits per heavy atom. The van der Waals surface area contributed by atoms with Gasteiger partial charge in [-0.25, -0.2) is 0 Å². The standard InChI is InChI=1S/C17H30N4S/c1-4-6-10-20(3)17(18-5-2)19-9-12-21-11-7-16-15(14-21)8-13-22-16/h8,13H,4-7,9-12,14H2,1-3H3,(H,18,19). The largest absolute Gasteiger partial charge is 0.357 e. The van der Waals surface area contributed by atoms with Crippen molar-refractivity contribution in [2.75, 3.05) is 39.8 Å². The molecule has 2 heterocycles. The van der Waals surface area contributed by atoms with Crippen LogP contribution in [0.1, 0.15) is 37.1 Å². The van der Waals surface area contributed by atoms with Crippen molar-refractivity contribution in [2.45, 2.75) is 39.7 Å². The maximum atomic E-state index is 4.80. The topological polar surface area (TPSA) is 30.9 Å². The minimum absolute atomic E-state index is 0.873. The van der Waals surface area contributed by atoms with Crippen molar-refractivity contribution < 1.29 is 0 Å². The number of aliphatic imine (C=N–C) groups is 1. The molecule has 0 fully saturated rings. The number of nitrogens with one attached hydrogen (secondary N) is 1. The summed E-state index contributed by atoms with van der Waals surface area (Å²) >= 11 is 1.90. The van der Waals surface area contributed by atoms with Crippen molar-refractivity contribution in [3.8, 4) is 0 Å². The summed E-state index contributed by atoms with van der Waals surface area (Å²) in [6.07, 6.45) is 3.64. The molecule has 0 amide bonds. The molecule has 0 atom stereocenters. The summed E-state index contributed by atoms with van der Waals surface area (Å²) in [6, 6.07) is 2.28. The van der Waals surface area contributed by atoms with Crippen LogP contribution in [-0.4, -0.2) is 55.5 Å². The van der Waals surface area contributed by atoms with Crippen molar-refractivity contribution in [1.29, 1.82) is 0 Å². The van der Waals surface area contributed by atoms with Crippen LogP contribution in [0.5, 0.6) is 0 Å². The zero-order valence-corrected chi connectivity index (χ0v) is 15.1. The first kappa shape index (κ1) is 17.3.